The van der Waals surface area contributed by atoms with Gasteiger partial charge in [-0.1, -0.05) is 30.3 Å². The lowest BCUT2D eigenvalue weighted by atomic mass is 10.2. The lowest BCUT2D eigenvalue weighted by molar-refractivity contribution is -0.165. The molecule has 0 radical (unpaired) electrons. The number of para-hydroxylation sites is 2. The molecule has 0 saturated heterocycles. The molecule has 0 spiro atoms. The summed E-state index contributed by atoms with van der Waals surface area (Å²) in [6.07, 6.45) is -5.04. The van der Waals surface area contributed by atoms with Crippen LogP contribution in [-0.2, 0) is 14.3 Å². The number of ether oxygens (including phenoxy) is 1. The fourth-order valence-electron chi connectivity index (χ4n) is 2.13. The molecule has 2 N–H and O–H groups in total. The number of hydrogen-bond acceptors (Lipinski definition) is 5. The van der Waals surface area contributed by atoms with Gasteiger partial charge in [-0.15, -0.1) is 0 Å². The Morgan fingerprint density at radius 1 is 1.00 bits per heavy atom. The molecule has 0 aliphatic heterocycles. The van der Waals surface area contributed by atoms with E-state index in [0.29, 0.717) is 11.8 Å². The number of carbonyl (C=O) groups excluding carboxylic acids is 3. The van der Waals surface area contributed by atoms with Crippen molar-refractivity contribution >= 4 is 29.0 Å². The topological polar surface area (TPSA) is 84.5 Å². The van der Waals surface area contributed by atoms with E-state index >= 15 is 0 Å². The predicted octanol–water partition coefficient (Wildman–Crippen LogP) is 3.93. The zero-order chi connectivity index (χ0) is 21.4. The Labute approximate surface area is 164 Å². The van der Waals surface area contributed by atoms with Gasteiger partial charge in [0.25, 0.3) is 11.7 Å². The summed E-state index contributed by atoms with van der Waals surface area (Å²) in [7, 11) is 0. The van der Waals surface area contributed by atoms with Crippen LogP contribution in [0.25, 0.3) is 0 Å². The van der Waals surface area contributed by atoms with E-state index in [2.05, 4.69) is 10.6 Å². The quantitative estimate of drug-likeness (QED) is 0.538. The van der Waals surface area contributed by atoms with E-state index in [1.807, 2.05) is 0 Å². The van der Waals surface area contributed by atoms with Gasteiger partial charge in [0.15, 0.2) is 6.10 Å². The van der Waals surface area contributed by atoms with Crippen LogP contribution >= 0.6 is 0 Å². The molecule has 0 aromatic heterocycles. The highest BCUT2D eigenvalue weighted by Gasteiger charge is 2.36. The van der Waals surface area contributed by atoms with Crippen LogP contribution in [0.5, 0.6) is 0 Å². The van der Waals surface area contributed by atoms with Crippen molar-refractivity contribution < 1.29 is 32.3 Å². The smallest absolute Gasteiger partial charge is 0.449 e. The summed E-state index contributed by atoms with van der Waals surface area (Å²) < 4.78 is 41.8. The molecular weight excluding hydrogens is 389 g/mol. The van der Waals surface area contributed by atoms with Crippen LogP contribution in [0, 0.1) is 0 Å². The van der Waals surface area contributed by atoms with E-state index in [1.54, 1.807) is 30.3 Å². The average molecular weight is 406 g/mol. The lowest BCUT2D eigenvalue weighted by Gasteiger charge is -2.15. The first-order valence-electron chi connectivity index (χ1n) is 8.38. The van der Waals surface area contributed by atoms with Crippen molar-refractivity contribution in [3.05, 3.63) is 72.4 Å². The van der Waals surface area contributed by atoms with Gasteiger partial charge < -0.3 is 15.4 Å². The molecule has 2 rings (SSSR count). The van der Waals surface area contributed by atoms with Crippen molar-refractivity contribution in [1.29, 1.82) is 0 Å². The molecule has 2 aromatic carbocycles. The van der Waals surface area contributed by atoms with Crippen LogP contribution in [0.4, 0.5) is 24.5 Å². The summed E-state index contributed by atoms with van der Waals surface area (Å²) >= 11 is 0. The molecular formula is C20H17F3N2O4. The van der Waals surface area contributed by atoms with Gasteiger partial charge in [-0.2, -0.15) is 13.2 Å². The zero-order valence-electron chi connectivity index (χ0n) is 15.2. The van der Waals surface area contributed by atoms with Crippen molar-refractivity contribution in [3.63, 3.8) is 0 Å². The molecule has 29 heavy (non-hydrogen) atoms. The Balaban J connectivity index is 2.02. The first kappa shape index (κ1) is 21.7. The summed E-state index contributed by atoms with van der Waals surface area (Å²) in [5.74, 6) is -3.46. The van der Waals surface area contributed by atoms with Gasteiger partial charge in [-0.05, 0) is 31.2 Å². The standard InChI is InChI=1S/C20H17F3N2O4/c1-13(18(27)25-14-7-3-2-4-8-14)29-19(28)15-9-5-6-10-16(15)24-12-11-17(26)20(21,22)23/h2-13,24H,1H3,(H,25,27)/b12-11+/t13-/m1/s1. The third-order valence-corrected chi connectivity index (χ3v) is 3.59. The molecule has 0 unspecified atom stereocenters. The van der Waals surface area contributed by atoms with E-state index in [9.17, 15) is 27.6 Å². The number of rotatable bonds is 7. The molecule has 0 aliphatic carbocycles. The average Bonchev–Trinajstić information content (AvgIpc) is 2.68. The van der Waals surface area contributed by atoms with Crippen molar-refractivity contribution in [2.24, 2.45) is 0 Å². The number of halogens is 3. The van der Waals surface area contributed by atoms with Gasteiger partial charge in [0, 0.05) is 18.0 Å². The van der Waals surface area contributed by atoms with Crippen molar-refractivity contribution in [3.8, 4) is 0 Å². The number of ketones is 1. The van der Waals surface area contributed by atoms with Crippen LogP contribution in [-0.4, -0.2) is 29.9 Å². The van der Waals surface area contributed by atoms with Crippen LogP contribution in [0.1, 0.15) is 17.3 Å². The third-order valence-electron chi connectivity index (χ3n) is 3.59. The molecule has 0 fully saturated rings. The van der Waals surface area contributed by atoms with Gasteiger partial charge in [0.05, 0.1) is 11.3 Å². The maximum atomic E-state index is 12.4. The van der Waals surface area contributed by atoms with Crippen LogP contribution in [0.15, 0.2) is 66.9 Å². The summed E-state index contributed by atoms with van der Waals surface area (Å²) in [6, 6.07) is 14.4. The monoisotopic (exact) mass is 406 g/mol. The fourth-order valence-corrected chi connectivity index (χ4v) is 2.13. The molecule has 9 heteroatoms. The molecule has 2 aromatic rings. The second-order valence-electron chi connectivity index (χ2n) is 5.79. The third kappa shape index (κ3) is 6.49. The van der Waals surface area contributed by atoms with Crippen LogP contribution in [0.2, 0.25) is 0 Å². The molecule has 0 aliphatic rings. The molecule has 1 atom stereocenters. The molecule has 0 bridgehead atoms. The molecule has 152 valence electrons. The highest BCUT2D eigenvalue weighted by atomic mass is 19.4. The zero-order valence-corrected chi connectivity index (χ0v) is 15.2. The normalized spacial score (nSPS) is 12.3. The SMILES string of the molecule is C[C@@H](OC(=O)c1ccccc1N/C=C/C(=O)C(F)(F)F)C(=O)Nc1ccccc1. The number of alkyl halides is 3. The van der Waals surface area contributed by atoms with Crippen molar-refractivity contribution in [2.45, 2.75) is 19.2 Å². The molecule has 6 nitrogen and oxygen atoms in total. The highest BCUT2D eigenvalue weighted by Crippen LogP contribution is 2.19. The minimum atomic E-state index is -4.99. The predicted molar refractivity (Wildman–Crippen MR) is 100 cm³/mol. The Morgan fingerprint density at radius 3 is 2.28 bits per heavy atom. The molecule has 0 saturated carbocycles. The number of benzene rings is 2. The van der Waals surface area contributed by atoms with Crippen molar-refractivity contribution in [2.75, 3.05) is 10.6 Å². The Bertz CT molecular complexity index is 911. The van der Waals surface area contributed by atoms with Crippen LogP contribution in [0.3, 0.4) is 0 Å². The second kappa shape index (κ2) is 9.54. The first-order valence-corrected chi connectivity index (χ1v) is 8.38. The van der Waals surface area contributed by atoms with E-state index in [0.717, 1.165) is 6.20 Å². The number of anilines is 2. The van der Waals surface area contributed by atoms with Gasteiger partial charge >= 0.3 is 12.1 Å². The number of carbonyl (C=O) groups is 3. The largest absolute Gasteiger partial charge is 0.454 e. The Kier molecular flexibility index (Phi) is 7.13. The first-order chi connectivity index (χ1) is 13.7. The number of hydrogen-bond donors (Lipinski definition) is 2. The summed E-state index contributed by atoms with van der Waals surface area (Å²) in [4.78, 5) is 35.4. The molecule has 0 heterocycles. The van der Waals surface area contributed by atoms with E-state index in [4.69, 9.17) is 4.74 Å². The fraction of sp³-hybridized carbons (Fsp3) is 0.150. The number of allylic oxidation sites excluding steroid dienone is 1. The maximum absolute atomic E-state index is 12.4. The van der Waals surface area contributed by atoms with E-state index in [-0.39, 0.29) is 11.3 Å². The minimum Gasteiger partial charge on any atom is -0.449 e. The highest BCUT2D eigenvalue weighted by molar-refractivity contribution is 6.00. The Morgan fingerprint density at radius 2 is 1.62 bits per heavy atom. The summed E-state index contributed by atoms with van der Waals surface area (Å²) in [5.41, 5.74) is 0.622. The molecule has 1 amide bonds. The van der Waals surface area contributed by atoms with Gasteiger partial charge in [0.1, 0.15) is 0 Å². The second-order valence-corrected chi connectivity index (χ2v) is 5.79. The van der Waals surface area contributed by atoms with Gasteiger partial charge in [-0.25, -0.2) is 4.79 Å². The summed E-state index contributed by atoms with van der Waals surface area (Å²) in [6.45, 7) is 1.38. The number of nitrogens with one attached hydrogen (secondary N) is 2. The summed E-state index contributed by atoms with van der Waals surface area (Å²) in [5, 5.41) is 5.02. The van der Waals surface area contributed by atoms with Crippen LogP contribution < -0.4 is 10.6 Å². The van der Waals surface area contributed by atoms with E-state index < -0.39 is 29.9 Å². The van der Waals surface area contributed by atoms with E-state index in [1.165, 1.54) is 31.2 Å². The minimum absolute atomic E-state index is 0.0176. The number of esters is 1. The van der Waals surface area contributed by atoms with Gasteiger partial charge in [0.2, 0.25) is 0 Å². The van der Waals surface area contributed by atoms with Crippen molar-refractivity contribution in [1.82, 2.24) is 0 Å². The lowest BCUT2D eigenvalue weighted by Crippen LogP contribution is -2.30. The Hall–Kier alpha value is -3.62. The van der Waals surface area contributed by atoms with Gasteiger partial charge in [-0.3, -0.25) is 9.59 Å². The maximum Gasteiger partial charge on any atom is 0.454 e. The number of amides is 1.